The van der Waals surface area contributed by atoms with Crippen LogP contribution in [0.3, 0.4) is 0 Å². The number of rotatable bonds is 9. The zero-order valence-electron chi connectivity index (χ0n) is 18.5. The van der Waals surface area contributed by atoms with Crippen LogP contribution in [-0.2, 0) is 20.7 Å². The molecule has 1 aliphatic carbocycles. The highest BCUT2D eigenvalue weighted by molar-refractivity contribution is 6.35. The number of ketones is 1. The highest BCUT2D eigenvalue weighted by atomic mass is 35.5. The Morgan fingerprint density at radius 3 is 2.35 bits per heavy atom. The van der Waals surface area contributed by atoms with Gasteiger partial charge in [-0.3, -0.25) is 9.59 Å². The number of benzene rings is 2. The van der Waals surface area contributed by atoms with E-state index in [2.05, 4.69) is 24.3 Å². The summed E-state index contributed by atoms with van der Waals surface area (Å²) in [7, 11) is 0. The normalized spacial score (nSPS) is 15.8. The summed E-state index contributed by atoms with van der Waals surface area (Å²) in [5, 5.41) is 0.498. The first kappa shape index (κ1) is 23.3. The van der Waals surface area contributed by atoms with Crippen LogP contribution < -0.4 is 0 Å². The van der Waals surface area contributed by atoms with Gasteiger partial charge in [-0.2, -0.15) is 0 Å². The van der Waals surface area contributed by atoms with Crippen LogP contribution >= 0.6 is 11.6 Å². The van der Waals surface area contributed by atoms with Crippen LogP contribution in [0, 0.1) is 5.41 Å². The van der Waals surface area contributed by atoms with Gasteiger partial charge >= 0.3 is 5.97 Å². The zero-order valence-corrected chi connectivity index (χ0v) is 19.2. The van der Waals surface area contributed by atoms with Crippen molar-refractivity contribution >= 4 is 28.9 Å². The SMILES string of the molecule is CC1(C)CC(=O)C(c2ccccc2Cl)=C(OC(=O)CCCCCCc2ccccc2)C1. The topological polar surface area (TPSA) is 43.4 Å². The number of carbonyl (C=O) groups is 2. The highest BCUT2D eigenvalue weighted by Crippen LogP contribution is 2.42. The molecule has 0 amide bonds. The second kappa shape index (κ2) is 10.8. The molecule has 3 rings (SSSR count). The molecule has 0 atom stereocenters. The van der Waals surface area contributed by atoms with Gasteiger partial charge in [0.05, 0.1) is 5.57 Å². The van der Waals surface area contributed by atoms with E-state index in [0.29, 0.717) is 41.2 Å². The van der Waals surface area contributed by atoms with Gasteiger partial charge < -0.3 is 4.74 Å². The van der Waals surface area contributed by atoms with Crippen molar-refractivity contribution < 1.29 is 14.3 Å². The van der Waals surface area contributed by atoms with E-state index in [1.54, 1.807) is 6.07 Å². The maximum Gasteiger partial charge on any atom is 0.310 e. The van der Waals surface area contributed by atoms with E-state index in [-0.39, 0.29) is 17.2 Å². The molecule has 1 aliphatic rings. The summed E-state index contributed by atoms with van der Waals surface area (Å²) < 4.78 is 5.76. The number of halogens is 1. The monoisotopic (exact) mass is 438 g/mol. The van der Waals surface area contributed by atoms with Gasteiger partial charge in [0.1, 0.15) is 5.76 Å². The summed E-state index contributed by atoms with van der Waals surface area (Å²) in [4.78, 5) is 25.4. The molecule has 0 spiro atoms. The Balaban J connectivity index is 1.56. The number of Topliss-reactive ketones (excluding diaryl/α,β-unsaturated/α-hetero) is 1. The van der Waals surface area contributed by atoms with Gasteiger partial charge in [0.25, 0.3) is 0 Å². The number of hydrogen-bond acceptors (Lipinski definition) is 3. The minimum absolute atomic E-state index is 0.0203. The van der Waals surface area contributed by atoms with E-state index < -0.39 is 0 Å². The van der Waals surface area contributed by atoms with Crippen molar-refractivity contribution in [3.05, 3.63) is 76.5 Å². The summed E-state index contributed by atoms with van der Waals surface area (Å²) in [6.07, 6.45) is 6.36. The Bertz CT molecular complexity index is 944. The fourth-order valence-electron chi connectivity index (χ4n) is 4.10. The predicted octanol–water partition coefficient (Wildman–Crippen LogP) is 7.18. The minimum atomic E-state index is -0.270. The van der Waals surface area contributed by atoms with E-state index in [0.717, 1.165) is 32.1 Å². The van der Waals surface area contributed by atoms with Crippen LogP contribution in [0.2, 0.25) is 5.02 Å². The maximum atomic E-state index is 12.9. The van der Waals surface area contributed by atoms with Crippen molar-refractivity contribution in [3.63, 3.8) is 0 Å². The molecule has 2 aromatic rings. The molecule has 2 aromatic carbocycles. The summed E-state index contributed by atoms with van der Waals surface area (Å²) in [6, 6.07) is 17.7. The maximum absolute atomic E-state index is 12.9. The van der Waals surface area contributed by atoms with E-state index in [1.165, 1.54) is 5.56 Å². The van der Waals surface area contributed by atoms with E-state index >= 15 is 0 Å². The fourth-order valence-corrected chi connectivity index (χ4v) is 4.33. The van der Waals surface area contributed by atoms with Gasteiger partial charge in [0.2, 0.25) is 0 Å². The summed E-state index contributed by atoms with van der Waals surface area (Å²) >= 11 is 6.35. The van der Waals surface area contributed by atoms with Gasteiger partial charge in [-0.1, -0.05) is 86.8 Å². The van der Waals surface area contributed by atoms with Crippen molar-refractivity contribution in [2.45, 2.75) is 65.2 Å². The van der Waals surface area contributed by atoms with Crippen molar-refractivity contribution in [2.24, 2.45) is 5.41 Å². The molecule has 0 N–H and O–H groups in total. The molecule has 0 aromatic heterocycles. The number of carbonyl (C=O) groups excluding carboxylic acids is 2. The Labute approximate surface area is 190 Å². The average molecular weight is 439 g/mol. The molecule has 0 radical (unpaired) electrons. The highest BCUT2D eigenvalue weighted by Gasteiger charge is 2.36. The van der Waals surface area contributed by atoms with Crippen LogP contribution in [0.15, 0.2) is 60.4 Å². The third kappa shape index (κ3) is 6.80. The van der Waals surface area contributed by atoms with E-state index in [1.807, 2.05) is 38.1 Å². The Hall–Kier alpha value is -2.39. The molecule has 0 bridgehead atoms. The molecular weight excluding hydrogens is 408 g/mol. The lowest BCUT2D eigenvalue weighted by Gasteiger charge is -2.31. The van der Waals surface area contributed by atoms with Gasteiger partial charge in [0.15, 0.2) is 5.78 Å². The summed E-state index contributed by atoms with van der Waals surface area (Å²) in [6.45, 7) is 4.05. The number of ether oxygens (including phenoxy) is 1. The van der Waals surface area contributed by atoms with Gasteiger partial charge in [0, 0.05) is 29.8 Å². The largest absolute Gasteiger partial charge is 0.430 e. The summed E-state index contributed by atoms with van der Waals surface area (Å²) in [5.74, 6) is 0.171. The average Bonchev–Trinajstić information content (AvgIpc) is 2.71. The molecule has 3 nitrogen and oxygen atoms in total. The van der Waals surface area contributed by atoms with Crippen molar-refractivity contribution in [3.8, 4) is 0 Å². The Kier molecular flexibility index (Phi) is 8.09. The van der Waals surface area contributed by atoms with Crippen LogP contribution in [0.25, 0.3) is 5.57 Å². The van der Waals surface area contributed by atoms with Gasteiger partial charge in [-0.05, 0) is 36.3 Å². The van der Waals surface area contributed by atoms with Crippen molar-refractivity contribution in [1.29, 1.82) is 0 Å². The molecule has 0 saturated carbocycles. The number of aryl methyl sites for hydroxylation is 1. The van der Waals surface area contributed by atoms with Crippen LogP contribution in [0.4, 0.5) is 0 Å². The fraction of sp³-hybridized carbons (Fsp3) is 0.407. The van der Waals surface area contributed by atoms with Crippen LogP contribution in [0.5, 0.6) is 0 Å². The second-order valence-electron chi connectivity index (χ2n) is 9.09. The third-order valence-electron chi connectivity index (χ3n) is 5.66. The van der Waals surface area contributed by atoms with Gasteiger partial charge in [-0.15, -0.1) is 0 Å². The van der Waals surface area contributed by atoms with Gasteiger partial charge in [-0.25, -0.2) is 0 Å². The molecule has 0 fully saturated rings. The van der Waals surface area contributed by atoms with Crippen molar-refractivity contribution in [1.82, 2.24) is 0 Å². The lowest BCUT2D eigenvalue weighted by Crippen LogP contribution is -2.27. The van der Waals surface area contributed by atoms with Crippen LogP contribution in [-0.4, -0.2) is 11.8 Å². The number of allylic oxidation sites excluding steroid dienone is 2. The minimum Gasteiger partial charge on any atom is -0.430 e. The van der Waals surface area contributed by atoms with Crippen LogP contribution in [0.1, 0.15) is 69.9 Å². The standard InChI is InChI=1S/C27H31ClO3/c1-27(2)18-23(29)26(21-15-10-11-16-22(21)28)24(19-27)31-25(30)17-9-4-3-6-12-20-13-7-5-8-14-20/h5,7-8,10-11,13-16H,3-4,6,9,12,17-19H2,1-2H3. The number of unbranched alkanes of at least 4 members (excludes halogenated alkanes) is 3. The first-order chi connectivity index (χ1) is 14.9. The molecule has 0 unspecified atom stereocenters. The summed E-state index contributed by atoms with van der Waals surface area (Å²) in [5.41, 5.74) is 2.22. The number of hydrogen-bond donors (Lipinski definition) is 0. The molecule has 0 saturated heterocycles. The Morgan fingerprint density at radius 1 is 0.935 bits per heavy atom. The third-order valence-corrected chi connectivity index (χ3v) is 5.98. The van der Waals surface area contributed by atoms with E-state index in [9.17, 15) is 9.59 Å². The van der Waals surface area contributed by atoms with E-state index in [4.69, 9.17) is 16.3 Å². The molecule has 31 heavy (non-hydrogen) atoms. The quantitative estimate of drug-likeness (QED) is 0.307. The molecule has 0 heterocycles. The Morgan fingerprint density at radius 2 is 1.61 bits per heavy atom. The lowest BCUT2D eigenvalue weighted by molar-refractivity contribution is -0.140. The molecular formula is C27H31ClO3. The first-order valence-electron chi connectivity index (χ1n) is 11.1. The molecule has 164 valence electrons. The smallest absolute Gasteiger partial charge is 0.310 e. The zero-order chi connectivity index (χ0) is 22.3. The second-order valence-corrected chi connectivity index (χ2v) is 9.50. The number of esters is 1. The molecule has 4 heteroatoms. The lowest BCUT2D eigenvalue weighted by atomic mass is 9.75. The van der Waals surface area contributed by atoms with Crippen molar-refractivity contribution in [2.75, 3.05) is 0 Å². The first-order valence-corrected chi connectivity index (χ1v) is 11.5. The predicted molar refractivity (Wildman–Crippen MR) is 126 cm³/mol. The molecule has 0 aliphatic heterocycles.